The van der Waals surface area contributed by atoms with E-state index in [1.165, 1.54) is 0 Å². The van der Waals surface area contributed by atoms with Crippen LogP contribution in [0.1, 0.15) is 17.7 Å². The molecule has 5 nitrogen and oxygen atoms in total. The Morgan fingerprint density at radius 2 is 2.21 bits per heavy atom. The van der Waals surface area contributed by atoms with Crippen LogP contribution >= 0.6 is 15.9 Å². The Bertz CT molecular complexity index is 594. The van der Waals surface area contributed by atoms with E-state index in [9.17, 15) is 4.79 Å². The number of carbonyl (C=O) groups is 1. The molecule has 1 amide bonds. The molecule has 0 unspecified atom stereocenters. The lowest BCUT2D eigenvalue weighted by atomic mass is 10.3. The molecule has 19 heavy (non-hydrogen) atoms. The number of aromatic nitrogens is 3. The van der Waals surface area contributed by atoms with Crippen LogP contribution in [0.3, 0.4) is 0 Å². The SMILES string of the molecule is Cc1cnn(CCC(=O)Nc2ccc(Br)c(C)n2)c1. The van der Waals surface area contributed by atoms with Gasteiger partial charge in [-0.15, -0.1) is 0 Å². The smallest absolute Gasteiger partial charge is 0.227 e. The van der Waals surface area contributed by atoms with Crippen LogP contribution in [0, 0.1) is 13.8 Å². The van der Waals surface area contributed by atoms with E-state index >= 15 is 0 Å². The fourth-order valence-electron chi connectivity index (χ4n) is 1.62. The van der Waals surface area contributed by atoms with Gasteiger partial charge in [-0.25, -0.2) is 4.98 Å². The summed E-state index contributed by atoms with van der Waals surface area (Å²) in [7, 11) is 0. The third kappa shape index (κ3) is 3.89. The van der Waals surface area contributed by atoms with Crippen molar-refractivity contribution in [3.8, 4) is 0 Å². The average molecular weight is 323 g/mol. The summed E-state index contributed by atoms with van der Waals surface area (Å²) in [6.45, 7) is 4.42. The van der Waals surface area contributed by atoms with Crippen molar-refractivity contribution in [3.63, 3.8) is 0 Å². The van der Waals surface area contributed by atoms with Crippen molar-refractivity contribution in [1.82, 2.24) is 14.8 Å². The van der Waals surface area contributed by atoms with Crippen molar-refractivity contribution in [3.05, 3.63) is 40.3 Å². The maximum atomic E-state index is 11.8. The van der Waals surface area contributed by atoms with E-state index in [0.29, 0.717) is 18.8 Å². The zero-order valence-corrected chi connectivity index (χ0v) is 12.4. The summed E-state index contributed by atoms with van der Waals surface area (Å²) in [4.78, 5) is 16.1. The first-order valence-corrected chi connectivity index (χ1v) is 6.76. The molecular formula is C13H15BrN4O. The van der Waals surface area contributed by atoms with Gasteiger partial charge in [0.15, 0.2) is 0 Å². The van der Waals surface area contributed by atoms with Crippen LogP contribution in [0.4, 0.5) is 5.82 Å². The largest absolute Gasteiger partial charge is 0.311 e. The van der Waals surface area contributed by atoms with Crippen LogP contribution in [0.2, 0.25) is 0 Å². The first-order valence-electron chi connectivity index (χ1n) is 5.96. The monoisotopic (exact) mass is 322 g/mol. The summed E-state index contributed by atoms with van der Waals surface area (Å²) < 4.78 is 2.69. The van der Waals surface area contributed by atoms with E-state index in [-0.39, 0.29) is 5.91 Å². The van der Waals surface area contributed by atoms with Crippen molar-refractivity contribution in [2.45, 2.75) is 26.8 Å². The molecule has 0 atom stereocenters. The summed E-state index contributed by atoms with van der Waals surface area (Å²) in [5.74, 6) is 0.504. The van der Waals surface area contributed by atoms with Gasteiger partial charge in [-0.1, -0.05) is 0 Å². The molecule has 0 bridgehead atoms. The molecule has 2 rings (SSSR count). The van der Waals surface area contributed by atoms with Crippen molar-refractivity contribution < 1.29 is 4.79 Å². The van der Waals surface area contributed by atoms with E-state index in [1.54, 1.807) is 16.9 Å². The zero-order chi connectivity index (χ0) is 13.8. The summed E-state index contributed by atoms with van der Waals surface area (Å²) >= 11 is 3.37. The number of halogens is 1. The highest BCUT2D eigenvalue weighted by molar-refractivity contribution is 9.10. The number of nitrogens with zero attached hydrogens (tertiary/aromatic N) is 3. The van der Waals surface area contributed by atoms with Gasteiger partial charge in [-0.2, -0.15) is 5.10 Å². The minimum Gasteiger partial charge on any atom is -0.311 e. The molecule has 2 aromatic rings. The second-order valence-corrected chi connectivity index (χ2v) is 5.20. The highest BCUT2D eigenvalue weighted by atomic mass is 79.9. The van der Waals surface area contributed by atoms with Gasteiger partial charge in [0.05, 0.1) is 11.9 Å². The molecule has 0 aliphatic heterocycles. The average Bonchev–Trinajstić information content (AvgIpc) is 2.77. The molecule has 0 saturated heterocycles. The molecule has 0 aromatic carbocycles. The standard InChI is InChI=1S/C13H15BrN4O/c1-9-7-15-18(8-9)6-5-13(19)17-12-4-3-11(14)10(2)16-12/h3-4,7-8H,5-6H2,1-2H3,(H,16,17,19). The molecule has 2 heterocycles. The fourth-order valence-corrected chi connectivity index (χ4v) is 1.85. The summed E-state index contributed by atoms with van der Waals surface area (Å²) in [5.41, 5.74) is 1.94. The van der Waals surface area contributed by atoms with Crippen molar-refractivity contribution >= 4 is 27.7 Å². The number of amides is 1. The minimum atomic E-state index is -0.0672. The van der Waals surface area contributed by atoms with E-state index in [4.69, 9.17) is 0 Å². The highest BCUT2D eigenvalue weighted by Gasteiger charge is 2.05. The number of nitrogens with one attached hydrogen (secondary N) is 1. The van der Waals surface area contributed by atoms with Crippen molar-refractivity contribution in [2.24, 2.45) is 0 Å². The Morgan fingerprint density at radius 1 is 1.42 bits per heavy atom. The number of aryl methyl sites for hydroxylation is 3. The van der Waals surface area contributed by atoms with Gasteiger partial charge in [0, 0.05) is 23.6 Å². The van der Waals surface area contributed by atoms with E-state index in [2.05, 4.69) is 31.3 Å². The minimum absolute atomic E-state index is 0.0672. The maximum absolute atomic E-state index is 11.8. The number of pyridine rings is 1. The van der Waals surface area contributed by atoms with Crippen LogP contribution in [0.5, 0.6) is 0 Å². The van der Waals surface area contributed by atoms with Gasteiger partial charge < -0.3 is 5.32 Å². The third-order valence-corrected chi connectivity index (χ3v) is 3.46. The van der Waals surface area contributed by atoms with Crippen LogP contribution in [0.25, 0.3) is 0 Å². The molecule has 100 valence electrons. The van der Waals surface area contributed by atoms with Gasteiger partial charge in [0.2, 0.25) is 5.91 Å². The highest BCUT2D eigenvalue weighted by Crippen LogP contribution is 2.16. The van der Waals surface area contributed by atoms with Crippen LogP contribution in [-0.2, 0) is 11.3 Å². The quantitative estimate of drug-likeness (QED) is 0.941. The van der Waals surface area contributed by atoms with Crippen molar-refractivity contribution in [1.29, 1.82) is 0 Å². The second-order valence-electron chi connectivity index (χ2n) is 4.34. The maximum Gasteiger partial charge on any atom is 0.227 e. The Morgan fingerprint density at radius 3 is 2.84 bits per heavy atom. The first kappa shape index (κ1) is 13.7. The summed E-state index contributed by atoms with van der Waals surface area (Å²) in [5, 5.41) is 6.91. The van der Waals surface area contributed by atoms with Gasteiger partial charge in [0.1, 0.15) is 5.82 Å². The number of hydrogen-bond donors (Lipinski definition) is 1. The molecule has 0 aliphatic rings. The Kier molecular flexibility index (Phi) is 4.31. The second kappa shape index (κ2) is 5.97. The number of rotatable bonds is 4. The van der Waals surface area contributed by atoms with Gasteiger partial charge in [0.25, 0.3) is 0 Å². The number of hydrogen-bond acceptors (Lipinski definition) is 3. The lowest BCUT2D eigenvalue weighted by Crippen LogP contribution is -2.15. The summed E-state index contributed by atoms with van der Waals surface area (Å²) in [6, 6.07) is 3.64. The molecule has 0 fully saturated rings. The molecule has 0 spiro atoms. The van der Waals surface area contributed by atoms with Crippen LogP contribution in [0.15, 0.2) is 29.0 Å². The lowest BCUT2D eigenvalue weighted by molar-refractivity contribution is -0.116. The van der Waals surface area contributed by atoms with Gasteiger partial charge in [-0.3, -0.25) is 9.48 Å². The normalized spacial score (nSPS) is 10.5. The lowest BCUT2D eigenvalue weighted by Gasteiger charge is -2.06. The predicted octanol–water partition coefficient (Wildman–Crippen LogP) is 2.69. The fraction of sp³-hybridized carbons (Fsp3) is 0.308. The Hall–Kier alpha value is -1.69. The molecule has 6 heteroatoms. The Labute approximate surface area is 120 Å². The Balaban J connectivity index is 1.88. The molecule has 1 N–H and O–H groups in total. The first-order chi connectivity index (χ1) is 9.04. The van der Waals surface area contributed by atoms with E-state index in [0.717, 1.165) is 15.7 Å². The van der Waals surface area contributed by atoms with Crippen LogP contribution < -0.4 is 5.32 Å². The van der Waals surface area contributed by atoms with E-state index < -0.39 is 0 Å². The molecule has 2 aromatic heterocycles. The van der Waals surface area contributed by atoms with Crippen LogP contribution in [-0.4, -0.2) is 20.7 Å². The van der Waals surface area contributed by atoms with Gasteiger partial charge >= 0.3 is 0 Å². The topological polar surface area (TPSA) is 59.8 Å². The van der Waals surface area contributed by atoms with Crippen molar-refractivity contribution in [2.75, 3.05) is 5.32 Å². The predicted molar refractivity (Wildman–Crippen MR) is 76.9 cm³/mol. The molecule has 0 radical (unpaired) electrons. The molecule has 0 saturated carbocycles. The summed E-state index contributed by atoms with van der Waals surface area (Å²) in [6.07, 6.45) is 4.06. The third-order valence-electron chi connectivity index (χ3n) is 2.62. The van der Waals surface area contributed by atoms with E-state index in [1.807, 2.05) is 26.1 Å². The zero-order valence-electron chi connectivity index (χ0n) is 10.9. The number of anilines is 1. The molecular weight excluding hydrogens is 308 g/mol. The molecule has 0 aliphatic carbocycles. The number of carbonyl (C=O) groups excluding carboxylic acids is 1. The van der Waals surface area contributed by atoms with Gasteiger partial charge in [-0.05, 0) is 47.5 Å².